The topological polar surface area (TPSA) is 38.7 Å². The minimum absolute atomic E-state index is 0.0481. The molecule has 0 bridgehead atoms. The summed E-state index contributed by atoms with van der Waals surface area (Å²) in [6.45, 7) is 2.83. The number of rotatable bonds is 6. The van der Waals surface area contributed by atoms with Crippen LogP contribution in [-0.4, -0.2) is 46.9 Å². The van der Waals surface area contributed by atoms with E-state index in [1.807, 2.05) is 0 Å². The molecule has 1 saturated heterocycles. The monoisotopic (exact) mass is 419 g/mol. The van der Waals surface area contributed by atoms with E-state index in [1.54, 1.807) is 0 Å². The number of hydrogen-bond donors (Lipinski definition) is 2. The van der Waals surface area contributed by atoms with E-state index in [1.165, 1.54) is 30.4 Å². The van der Waals surface area contributed by atoms with E-state index in [2.05, 4.69) is 82.8 Å². The third kappa shape index (κ3) is 3.95. The molecule has 2 aliphatic carbocycles. The van der Waals surface area contributed by atoms with E-state index in [-0.39, 0.29) is 11.1 Å². The first kappa shape index (κ1) is 21.1. The van der Waals surface area contributed by atoms with Gasteiger partial charge in [-0.2, -0.15) is 0 Å². The van der Waals surface area contributed by atoms with Crippen LogP contribution in [0, 0.1) is 5.92 Å². The number of nitrogens with one attached hydrogen (secondary N) is 1. The number of nitrogens with zero attached hydrogens (tertiary/aromatic N) is 2. The Balaban J connectivity index is 1.37. The van der Waals surface area contributed by atoms with Gasteiger partial charge in [-0.15, -0.1) is 0 Å². The molecule has 3 fully saturated rings. The molecule has 3 aliphatic rings. The third-order valence-electron chi connectivity index (χ3n) is 8.46. The van der Waals surface area contributed by atoms with Gasteiger partial charge in [-0.05, 0) is 62.6 Å². The van der Waals surface area contributed by atoms with Crippen molar-refractivity contribution >= 4 is 0 Å². The summed E-state index contributed by atoms with van der Waals surface area (Å²) in [7, 11) is 2.11. The van der Waals surface area contributed by atoms with Crippen LogP contribution in [0.25, 0.3) is 0 Å². The first-order valence-electron chi connectivity index (χ1n) is 12.1. The van der Waals surface area contributed by atoms with Gasteiger partial charge in [0.15, 0.2) is 6.35 Å². The highest BCUT2D eigenvalue weighted by Crippen LogP contribution is 2.48. The molecule has 4 nitrogen and oxygen atoms in total. The fourth-order valence-electron chi connectivity index (χ4n) is 6.22. The molecule has 0 amide bonds. The lowest BCUT2D eigenvalue weighted by Crippen LogP contribution is -2.57. The minimum Gasteiger partial charge on any atom is -0.365 e. The predicted molar refractivity (Wildman–Crippen MR) is 125 cm³/mol. The zero-order valence-electron chi connectivity index (χ0n) is 18.8. The second-order valence-corrected chi connectivity index (χ2v) is 10.1. The number of aliphatic hydroxyl groups is 1. The Kier molecular flexibility index (Phi) is 5.91. The maximum Gasteiger partial charge on any atom is 0.166 e. The summed E-state index contributed by atoms with van der Waals surface area (Å²) in [6, 6.07) is 21.6. The standard InChI is InChI=1S/C27H37N3O/c1-28-27(24-13-6-3-7-14-24)17-15-26(16-18-27)21-29(19-22-9-4-2-5-10-22)25(31)30(26)20-23-11-8-12-23/h2-7,9-10,13-14,23,25,28,31H,8,11-12,15-21H2,1H3/t25-,26?,27?/m0/s1. The van der Waals surface area contributed by atoms with Crippen molar-refractivity contribution < 1.29 is 5.11 Å². The van der Waals surface area contributed by atoms with Crippen molar-refractivity contribution in [2.45, 2.75) is 68.9 Å². The highest BCUT2D eigenvalue weighted by atomic mass is 16.3. The first-order chi connectivity index (χ1) is 15.1. The molecule has 2 saturated carbocycles. The number of aliphatic hydroxyl groups excluding tert-OH is 1. The molecule has 2 aromatic rings. The lowest BCUT2D eigenvalue weighted by Gasteiger charge is -2.50. The predicted octanol–water partition coefficient (Wildman–Crippen LogP) is 4.31. The highest BCUT2D eigenvalue weighted by molar-refractivity contribution is 5.26. The van der Waals surface area contributed by atoms with Gasteiger partial charge in [0.1, 0.15) is 0 Å². The number of hydrogen-bond acceptors (Lipinski definition) is 4. The Hall–Kier alpha value is -1.72. The molecule has 0 radical (unpaired) electrons. The molecule has 166 valence electrons. The second kappa shape index (κ2) is 8.67. The zero-order chi connectivity index (χ0) is 21.3. The van der Waals surface area contributed by atoms with Crippen molar-refractivity contribution in [3.63, 3.8) is 0 Å². The van der Waals surface area contributed by atoms with E-state index in [0.29, 0.717) is 0 Å². The molecule has 1 atom stereocenters. The molecule has 0 unspecified atom stereocenters. The van der Waals surface area contributed by atoms with Crippen molar-refractivity contribution in [1.29, 1.82) is 0 Å². The smallest absolute Gasteiger partial charge is 0.166 e. The van der Waals surface area contributed by atoms with Crippen molar-refractivity contribution in [2.24, 2.45) is 5.92 Å². The van der Waals surface area contributed by atoms with Crippen molar-refractivity contribution in [1.82, 2.24) is 15.1 Å². The maximum absolute atomic E-state index is 11.4. The maximum atomic E-state index is 11.4. The Bertz CT molecular complexity index is 843. The molecular formula is C27H37N3O. The van der Waals surface area contributed by atoms with E-state index in [9.17, 15) is 5.11 Å². The lowest BCUT2D eigenvalue weighted by molar-refractivity contribution is -0.100. The van der Waals surface area contributed by atoms with Crippen LogP contribution in [-0.2, 0) is 12.1 Å². The van der Waals surface area contributed by atoms with Gasteiger partial charge in [0.05, 0.1) is 0 Å². The van der Waals surface area contributed by atoms with E-state index in [4.69, 9.17) is 0 Å². The number of benzene rings is 2. The lowest BCUT2D eigenvalue weighted by atomic mass is 9.68. The molecule has 5 rings (SSSR count). The van der Waals surface area contributed by atoms with Crippen LogP contribution in [0.2, 0.25) is 0 Å². The van der Waals surface area contributed by atoms with Gasteiger partial charge < -0.3 is 10.4 Å². The third-order valence-corrected chi connectivity index (χ3v) is 8.46. The highest BCUT2D eigenvalue weighted by Gasteiger charge is 2.54. The Morgan fingerprint density at radius 2 is 1.58 bits per heavy atom. The SMILES string of the molecule is CNC1(c2ccccc2)CCC2(CC1)CN(Cc1ccccc1)[C@H](O)N2CC1CCC1. The first-order valence-corrected chi connectivity index (χ1v) is 12.1. The molecular weight excluding hydrogens is 382 g/mol. The molecule has 1 aliphatic heterocycles. The van der Waals surface area contributed by atoms with E-state index < -0.39 is 6.35 Å². The minimum atomic E-state index is -0.473. The van der Waals surface area contributed by atoms with Gasteiger partial charge in [-0.25, -0.2) is 0 Å². The summed E-state index contributed by atoms with van der Waals surface area (Å²) >= 11 is 0. The molecule has 0 aromatic heterocycles. The van der Waals surface area contributed by atoms with Crippen LogP contribution in [0.15, 0.2) is 60.7 Å². The van der Waals surface area contributed by atoms with Crippen LogP contribution < -0.4 is 5.32 Å². The molecule has 2 N–H and O–H groups in total. The summed E-state index contributed by atoms with van der Waals surface area (Å²) in [4.78, 5) is 4.80. The fraction of sp³-hybridized carbons (Fsp3) is 0.556. The summed E-state index contributed by atoms with van der Waals surface area (Å²) in [6.07, 6.45) is 7.99. The second-order valence-electron chi connectivity index (χ2n) is 10.1. The van der Waals surface area contributed by atoms with Gasteiger partial charge in [-0.3, -0.25) is 9.80 Å². The molecule has 2 aromatic carbocycles. The summed E-state index contributed by atoms with van der Waals surface area (Å²) in [5.41, 5.74) is 2.81. The fourth-order valence-corrected chi connectivity index (χ4v) is 6.22. The molecule has 1 spiro atoms. The van der Waals surface area contributed by atoms with Crippen LogP contribution in [0.3, 0.4) is 0 Å². The zero-order valence-corrected chi connectivity index (χ0v) is 18.8. The van der Waals surface area contributed by atoms with Crippen LogP contribution in [0.5, 0.6) is 0 Å². The van der Waals surface area contributed by atoms with E-state index in [0.717, 1.165) is 51.2 Å². The van der Waals surface area contributed by atoms with Crippen LogP contribution in [0.1, 0.15) is 56.1 Å². The molecule has 31 heavy (non-hydrogen) atoms. The Morgan fingerprint density at radius 1 is 0.935 bits per heavy atom. The van der Waals surface area contributed by atoms with Gasteiger partial charge >= 0.3 is 0 Å². The quantitative estimate of drug-likeness (QED) is 0.732. The molecule has 4 heteroatoms. The summed E-state index contributed by atoms with van der Waals surface area (Å²) in [5.74, 6) is 0.758. The van der Waals surface area contributed by atoms with Crippen molar-refractivity contribution in [3.05, 3.63) is 71.8 Å². The Morgan fingerprint density at radius 3 is 2.16 bits per heavy atom. The van der Waals surface area contributed by atoms with Crippen molar-refractivity contribution in [2.75, 3.05) is 20.1 Å². The van der Waals surface area contributed by atoms with Gasteiger partial charge in [-0.1, -0.05) is 67.1 Å². The normalized spacial score (nSPS) is 32.4. The molecule has 1 heterocycles. The van der Waals surface area contributed by atoms with E-state index >= 15 is 0 Å². The average Bonchev–Trinajstić information content (AvgIpc) is 3.03. The summed E-state index contributed by atoms with van der Waals surface area (Å²) < 4.78 is 0. The Labute approximate surface area is 187 Å². The summed E-state index contributed by atoms with van der Waals surface area (Å²) in [5, 5.41) is 15.1. The van der Waals surface area contributed by atoms with Crippen LogP contribution >= 0.6 is 0 Å². The van der Waals surface area contributed by atoms with Gasteiger partial charge in [0.25, 0.3) is 0 Å². The largest absolute Gasteiger partial charge is 0.365 e. The average molecular weight is 420 g/mol. The van der Waals surface area contributed by atoms with Gasteiger partial charge in [0.2, 0.25) is 0 Å². The van der Waals surface area contributed by atoms with Crippen LogP contribution in [0.4, 0.5) is 0 Å². The van der Waals surface area contributed by atoms with Crippen molar-refractivity contribution in [3.8, 4) is 0 Å². The van der Waals surface area contributed by atoms with Gasteiger partial charge in [0, 0.05) is 30.7 Å².